The summed E-state index contributed by atoms with van der Waals surface area (Å²) in [6.45, 7) is 0.235. The molecule has 0 aliphatic rings. The Morgan fingerprint density at radius 2 is 2.15 bits per heavy atom. The molecule has 0 unspecified atom stereocenters. The van der Waals surface area contributed by atoms with Gasteiger partial charge in [-0.15, -0.1) is 11.3 Å². The number of halogens is 1. The number of nitriles is 1. The molecule has 0 bridgehead atoms. The van der Waals surface area contributed by atoms with Gasteiger partial charge in [0, 0.05) is 18.5 Å². The van der Waals surface area contributed by atoms with Crippen molar-refractivity contribution >= 4 is 21.4 Å². The molecule has 2 rings (SSSR count). The van der Waals surface area contributed by atoms with E-state index in [0.29, 0.717) is 0 Å². The lowest BCUT2D eigenvalue weighted by molar-refractivity contribution is 0.469. The quantitative estimate of drug-likeness (QED) is 0.872. The van der Waals surface area contributed by atoms with Crippen LogP contribution in [0.25, 0.3) is 0 Å². The van der Waals surface area contributed by atoms with Crippen molar-refractivity contribution < 1.29 is 12.8 Å². The largest absolute Gasteiger partial charge is 0.243 e. The normalized spacial score (nSPS) is 11.5. The Labute approximate surface area is 120 Å². The zero-order valence-corrected chi connectivity index (χ0v) is 12.2. The summed E-state index contributed by atoms with van der Waals surface area (Å²) in [7, 11) is -2.29. The summed E-state index contributed by atoms with van der Waals surface area (Å²) >= 11 is 1.45. The van der Waals surface area contributed by atoms with Gasteiger partial charge in [0.25, 0.3) is 0 Å². The van der Waals surface area contributed by atoms with Gasteiger partial charge in [-0.05, 0) is 29.6 Å². The van der Waals surface area contributed by atoms with Crippen LogP contribution in [0.5, 0.6) is 0 Å². The zero-order chi connectivity index (χ0) is 14.8. The predicted molar refractivity (Wildman–Crippen MR) is 74.1 cm³/mol. The van der Waals surface area contributed by atoms with E-state index >= 15 is 0 Å². The second-order valence-electron chi connectivity index (χ2n) is 4.09. The van der Waals surface area contributed by atoms with Gasteiger partial charge in [-0.2, -0.15) is 9.57 Å². The summed E-state index contributed by atoms with van der Waals surface area (Å²) in [6, 6.07) is 8.52. The molecule has 0 N–H and O–H groups in total. The molecule has 20 heavy (non-hydrogen) atoms. The van der Waals surface area contributed by atoms with Crippen LogP contribution in [0.1, 0.15) is 10.4 Å². The Bertz CT molecular complexity index is 749. The summed E-state index contributed by atoms with van der Waals surface area (Å²) < 4.78 is 39.1. The molecule has 7 heteroatoms. The van der Waals surface area contributed by atoms with Crippen LogP contribution >= 0.6 is 11.3 Å². The lowest BCUT2D eigenvalue weighted by Gasteiger charge is -2.16. The van der Waals surface area contributed by atoms with Crippen LogP contribution in [0, 0.1) is 17.1 Å². The maximum absolute atomic E-state index is 13.2. The van der Waals surface area contributed by atoms with Crippen LogP contribution in [-0.4, -0.2) is 19.8 Å². The monoisotopic (exact) mass is 310 g/mol. The van der Waals surface area contributed by atoms with Gasteiger partial charge < -0.3 is 0 Å². The van der Waals surface area contributed by atoms with E-state index in [2.05, 4.69) is 0 Å². The lowest BCUT2D eigenvalue weighted by atomic mass is 10.2. The first kappa shape index (κ1) is 14.7. The number of hydrogen-bond donors (Lipinski definition) is 0. The Morgan fingerprint density at radius 1 is 1.40 bits per heavy atom. The Hall–Kier alpha value is -1.75. The van der Waals surface area contributed by atoms with E-state index in [9.17, 15) is 12.8 Å². The van der Waals surface area contributed by atoms with E-state index < -0.39 is 15.8 Å². The van der Waals surface area contributed by atoms with E-state index in [-0.39, 0.29) is 17.0 Å². The Balaban J connectivity index is 2.33. The topological polar surface area (TPSA) is 61.2 Å². The van der Waals surface area contributed by atoms with Crippen molar-refractivity contribution in [2.24, 2.45) is 0 Å². The van der Waals surface area contributed by atoms with E-state index in [1.165, 1.54) is 22.7 Å². The van der Waals surface area contributed by atoms with Crippen LogP contribution in [-0.2, 0) is 16.6 Å². The maximum atomic E-state index is 13.2. The molecule has 0 radical (unpaired) electrons. The maximum Gasteiger partial charge on any atom is 0.243 e. The van der Waals surface area contributed by atoms with Crippen LogP contribution in [0.4, 0.5) is 4.39 Å². The Morgan fingerprint density at radius 3 is 2.75 bits per heavy atom. The van der Waals surface area contributed by atoms with Crippen molar-refractivity contribution in [3.63, 3.8) is 0 Å². The lowest BCUT2D eigenvalue weighted by Crippen LogP contribution is -2.26. The van der Waals surface area contributed by atoms with Crippen molar-refractivity contribution in [3.8, 4) is 6.07 Å². The molecule has 2 aromatic rings. The fourth-order valence-corrected chi connectivity index (χ4v) is 3.65. The predicted octanol–water partition coefficient (Wildman–Crippen LogP) is 2.58. The second kappa shape index (κ2) is 5.71. The highest BCUT2D eigenvalue weighted by atomic mass is 32.2. The summed E-state index contributed by atoms with van der Waals surface area (Å²) in [5.41, 5.74) is -0.282. The van der Waals surface area contributed by atoms with Gasteiger partial charge in [0.2, 0.25) is 10.0 Å². The molecule has 0 aliphatic heterocycles. The van der Waals surface area contributed by atoms with Crippen molar-refractivity contribution in [2.75, 3.05) is 7.05 Å². The fourth-order valence-electron chi connectivity index (χ4n) is 1.64. The van der Waals surface area contributed by atoms with Gasteiger partial charge in [-0.3, -0.25) is 0 Å². The summed E-state index contributed by atoms with van der Waals surface area (Å²) in [6.07, 6.45) is 0. The van der Waals surface area contributed by atoms with E-state index in [0.717, 1.165) is 23.1 Å². The van der Waals surface area contributed by atoms with Crippen LogP contribution in [0.2, 0.25) is 0 Å². The standard InChI is InChI=1S/C13H11FN2O2S2/c1-16(9-11-3-2-6-19-11)20(17,18)12-4-5-13(14)10(7-12)8-15/h2-7H,9H2,1H3. The van der Waals surface area contributed by atoms with E-state index in [1.54, 1.807) is 6.07 Å². The Kier molecular flexibility index (Phi) is 4.18. The van der Waals surface area contributed by atoms with Gasteiger partial charge in [0.1, 0.15) is 11.9 Å². The molecule has 4 nitrogen and oxygen atoms in total. The van der Waals surface area contributed by atoms with Crippen molar-refractivity contribution in [2.45, 2.75) is 11.4 Å². The number of rotatable bonds is 4. The molecule has 0 fully saturated rings. The molecule has 0 amide bonds. The smallest absolute Gasteiger partial charge is 0.207 e. The first-order valence-electron chi connectivity index (χ1n) is 5.63. The average Bonchev–Trinajstić information content (AvgIpc) is 2.91. The molecule has 0 atom stereocenters. The molecule has 1 aromatic heterocycles. The minimum Gasteiger partial charge on any atom is -0.207 e. The number of thiophene rings is 1. The molecule has 0 spiro atoms. The van der Waals surface area contributed by atoms with Crippen molar-refractivity contribution in [1.29, 1.82) is 5.26 Å². The molecule has 1 aromatic carbocycles. The molecule has 104 valence electrons. The zero-order valence-electron chi connectivity index (χ0n) is 10.6. The average molecular weight is 310 g/mol. The molecule has 0 saturated heterocycles. The van der Waals surface area contributed by atoms with Gasteiger partial charge in [0.05, 0.1) is 10.5 Å². The van der Waals surface area contributed by atoms with E-state index in [4.69, 9.17) is 5.26 Å². The SMILES string of the molecule is CN(Cc1cccs1)S(=O)(=O)c1ccc(F)c(C#N)c1. The third-order valence-corrected chi connectivity index (χ3v) is 5.39. The highest BCUT2D eigenvalue weighted by Crippen LogP contribution is 2.20. The first-order valence-corrected chi connectivity index (χ1v) is 7.95. The second-order valence-corrected chi connectivity index (χ2v) is 7.17. The van der Waals surface area contributed by atoms with Crippen LogP contribution < -0.4 is 0 Å². The minimum absolute atomic E-state index is 0.0884. The first-order chi connectivity index (χ1) is 9.45. The van der Waals surface area contributed by atoms with Crippen LogP contribution in [0.3, 0.4) is 0 Å². The van der Waals surface area contributed by atoms with E-state index in [1.807, 2.05) is 17.5 Å². The number of benzene rings is 1. The summed E-state index contributed by atoms with van der Waals surface area (Å²) in [4.78, 5) is 0.813. The highest BCUT2D eigenvalue weighted by molar-refractivity contribution is 7.89. The molecule has 0 saturated carbocycles. The van der Waals surface area contributed by atoms with Crippen molar-refractivity contribution in [1.82, 2.24) is 4.31 Å². The number of nitrogens with zero attached hydrogens (tertiary/aromatic N) is 2. The molecular formula is C13H11FN2O2S2. The number of sulfonamides is 1. The minimum atomic E-state index is -3.74. The summed E-state index contributed by atoms with van der Waals surface area (Å²) in [5, 5.41) is 10.6. The molecule has 0 aliphatic carbocycles. The molecular weight excluding hydrogens is 299 g/mol. The summed E-state index contributed by atoms with van der Waals surface area (Å²) in [5.74, 6) is -0.729. The third kappa shape index (κ3) is 2.88. The van der Waals surface area contributed by atoms with Crippen molar-refractivity contribution in [3.05, 3.63) is 52.0 Å². The van der Waals surface area contributed by atoms with Gasteiger partial charge in [0.15, 0.2) is 0 Å². The highest BCUT2D eigenvalue weighted by Gasteiger charge is 2.22. The fraction of sp³-hybridized carbons (Fsp3) is 0.154. The van der Waals surface area contributed by atoms with Crippen LogP contribution in [0.15, 0.2) is 40.6 Å². The molecule has 1 heterocycles. The third-order valence-electron chi connectivity index (χ3n) is 2.73. The van der Waals surface area contributed by atoms with Gasteiger partial charge >= 0.3 is 0 Å². The van der Waals surface area contributed by atoms with Gasteiger partial charge in [-0.1, -0.05) is 6.07 Å². The number of hydrogen-bond acceptors (Lipinski definition) is 4. The van der Waals surface area contributed by atoms with Gasteiger partial charge in [-0.25, -0.2) is 12.8 Å².